The molecule has 7 heteroatoms. The van der Waals surface area contributed by atoms with Crippen molar-refractivity contribution in [3.05, 3.63) is 57.0 Å². The topological polar surface area (TPSA) is 61.8 Å². The SMILES string of the molecule is C/C(=N\N(C(N)=S)c1ccc(Br)c(C)c1)c1cc(Cl)ccc1O. The van der Waals surface area contributed by atoms with Crippen LogP contribution in [0.25, 0.3) is 0 Å². The largest absolute Gasteiger partial charge is 0.507 e. The maximum Gasteiger partial charge on any atom is 0.191 e. The van der Waals surface area contributed by atoms with Gasteiger partial charge in [0.1, 0.15) is 5.75 Å². The number of nitrogens with two attached hydrogens (primary N) is 1. The fraction of sp³-hybridized carbons (Fsp3) is 0.125. The molecule has 0 aliphatic heterocycles. The highest BCUT2D eigenvalue weighted by atomic mass is 79.9. The molecule has 2 aromatic carbocycles. The first kappa shape index (κ1) is 17.7. The van der Waals surface area contributed by atoms with Gasteiger partial charge in [-0.2, -0.15) is 5.10 Å². The molecule has 0 aliphatic rings. The van der Waals surface area contributed by atoms with Crippen LogP contribution < -0.4 is 10.7 Å². The number of hydrogen-bond donors (Lipinski definition) is 2. The van der Waals surface area contributed by atoms with Crippen molar-refractivity contribution in [2.45, 2.75) is 13.8 Å². The number of rotatable bonds is 3. The number of anilines is 1. The van der Waals surface area contributed by atoms with Gasteiger partial charge in [0, 0.05) is 15.1 Å². The fourth-order valence-corrected chi connectivity index (χ4v) is 2.56. The Morgan fingerprint density at radius 3 is 2.61 bits per heavy atom. The Bertz CT molecular complexity index is 795. The summed E-state index contributed by atoms with van der Waals surface area (Å²) in [5.74, 6) is 0.0885. The summed E-state index contributed by atoms with van der Waals surface area (Å²) in [6.45, 7) is 3.72. The van der Waals surface area contributed by atoms with Crippen molar-refractivity contribution in [2.24, 2.45) is 10.8 Å². The summed E-state index contributed by atoms with van der Waals surface area (Å²) in [5, 5.41) is 16.5. The minimum absolute atomic E-state index is 0.0885. The van der Waals surface area contributed by atoms with Gasteiger partial charge in [-0.15, -0.1) is 0 Å². The Kier molecular flexibility index (Phi) is 5.62. The quantitative estimate of drug-likeness (QED) is 0.440. The smallest absolute Gasteiger partial charge is 0.191 e. The molecule has 2 rings (SSSR count). The van der Waals surface area contributed by atoms with E-state index in [1.165, 1.54) is 11.1 Å². The van der Waals surface area contributed by atoms with E-state index in [1.807, 2.05) is 25.1 Å². The number of halogens is 2. The van der Waals surface area contributed by atoms with Gasteiger partial charge < -0.3 is 10.8 Å². The van der Waals surface area contributed by atoms with Crippen molar-refractivity contribution in [2.75, 3.05) is 5.01 Å². The molecule has 0 aliphatic carbocycles. The van der Waals surface area contributed by atoms with E-state index in [2.05, 4.69) is 21.0 Å². The molecular weight excluding hydrogens is 398 g/mol. The van der Waals surface area contributed by atoms with Crippen LogP contribution in [-0.4, -0.2) is 15.9 Å². The monoisotopic (exact) mass is 411 g/mol. The minimum atomic E-state index is 0.0885. The number of hydrogen-bond acceptors (Lipinski definition) is 3. The molecular formula is C16H15BrClN3OS. The van der Waals surface area contributed by atoms with Gasteiger partial charge in [0.05, 0.1) is 11.4 Å². The van der Waals surface area contributed by atoms with Crippen LogP contribution in [0.1, 0.15) is 18.1 Å². The molecule has 0 fully saturated rings. The molecule has 120 valence electrons. The molecule has 3 N–H and O–H groups in total. The molecule has 0 spiro atoms. The number of aromatic hydroxyl groups is 1. The van der Waals surface area contributed by atoms with Crippen LogP contribution in [0.5, 0.6) is 5.75 Å². The summed E-state index contributed by atoms with van der Waals surface area (Å²) >= 11 is 14.5. The van der Waals surface area contributed by atoms with Gasteiger partial charge in [0.25, 0.3) is 0 Å². The van der Waals surface area contributed by atoms with Crippen molar-refractivity contribution in [1.29, 1.82) is 0 Å². The van der Waals surface area contributed by atoms with E-state index in [-0.39, 0.29) is 10.9 Å². The van der Waals surface area contributed by atoms with Crippen LogP contribution in [0, 0.1) is 6.92 Å². The van der Waals surface area contributed by atoms with E-state index in [0.29, 0.717) is 16.3 Å². The lowest BCUT2D eigenvalue weighted by molar-refractivity contribution is 0.474. The predicted molar refractivity (Wildman–Crippen MR) is 103 cm³/mol. The van der Waals surface area contributed by atoms with Crippen molar-refractivity contribution in [3.63, 3.8) is 0 Å². The van der Waals surface area contributed by atoms with E-state index in [1.54, 1.807) is 19.1 Å². The zero-order valence-corrected chi connectivity index (χ0v) is 15.7. The maximum atomic E-state index is 9.98. The standard InChI is InChI=1S/C16H15BrClN3OS/c1-9-7-12(4-5-14(9)17)21(16(19)23)20-10(2)13-8-11(18)3-6-15(13)22/h3-8,22H,1-2H3,(H2,19,23)/b20-10+. The number of phenols is 1. The van der Waals surface area contributed by atoms with Crippen molar-refractivity contribution >= 4 is 56.3 Å². The average Bonchev–Trinajstić information content (AvgIpc) is 2.49. The van der Waals surface area contributed by atoms with Crippen LogP contribution in [0.4, 0.5) is 5.69 Å². The second-order valence-electron chi connectivity index (χ2n) is 4.93. The Morgan fingerprint density at radius 1 is 1.30 bits per heavy atom. The maximum absolute atomic E-state index is 9.98. The zero-order valence-electron chi connectivity index (χ0n) is 12.5. The molecule has 0 aromatic heterocycles. The van der Waals surface area contributed by atoms with Crippen molar-refractivity contribution in [1.82, 2.24) is 0 Å². The van der Waals surface area contributed by atoms with Crippen LogP contribution in [0.3, 0.4) is 0 Å². The minimum Gasteiger partial charge on any atom is -0.507 e. The predicted octanol–water partition coefficient (Wildman–Crippen LogP) is 4.59. The summed E-state index contributed by atoms with van der Waals surface area (Å²) in [6.07, 6.45) is 0. The number of phenolic OH excluding ortho intramolecular Hbond substituents is 1. The highest BCUT2D eigenvalue weighted by Gasteiger charge is 2.13. The van der Waals surface area contributed by atoms with Gasteiger partial charge in [0.15, 0.2) is 5.11 Å². The lowest BCUT2D eigenvalue weighted by Crippen LogP contribution is -2.32. The summed E-state index contributed by atoms with van der Waals surface area (Å²) in [6, 6.07) is 10.4. The number of hydrazone groups is 1. The van der Waals surface area contributed by atoms with E-state index < -0.39 is 0 Å². The van der Waals surface area contributed by atoms with E-state index in [0.717, 1.165) is 15.7 Å². The Morgan fingerprint density at radius 2 is 2.00 bits per heavy atom. The van der Waals surface area contributed by atoms with E-state index in [9.17, 15) is 5.11 Å². The summed E-state index contributed by atoms with van der Waals surface area (Å²) in [4.78, 5) is 0. The third-order valence-corrected chi connectivity index (χ3v) is 4.49. The van der Waals surface area contributed by atoms with Crippen LogP contribution in [0.2, 0.25) is 5.02 Å². The molecule has 0 unspecified atom stereocenters. The lowest BCUT2D eigenvalue weighted by atomic mass is 10.1. The molecule has 0 atom stereocenters. The lowest BCUT2D eigenvalue weighted by Gasteiger charge is -2.19. The van der Waals surface area contributed by atoms with Crippen LogP contribution >= 0.6 is 39.7 Å². The first-order valence-corrected chi connectivity index (χ1v) is 8.27. The van der Waals surface area contributed by atoms with E-state index in [4.69, 9.17) is 29.6 Å². The molecule has 0 heterocycles. The molecule has 23 heavy (non-hydrogen) atoms. The molecule has 0 amide bonds. The van der Waals surface area contributed by atoms with Gasteiger partial charge in [-0.1, -0.05) is 27.5 Å². The summed E-state index contributed by atoms with van der Waals surface area (Å²) in [5.41, 5.74) is 8.63. The highest BCUT2D eigenvalue weighted by molar-refractivity contribution is 9.10. The number of thiocarbonyl (C=S) groups is 1. The second kappa shape index (κ2) is 7.29. The third kappa shape index (κ3) is 4.22. The fourth-order valence-electron chi connectivity index (χ4n) is 2.00. The molecule has 0 bridgehead atoms. The first-order chi connectivity index (χ1) is 10.8. The van der Waals surface area contributed by atoms with Gasteiger partial charge in [-0.05, 0) is 68.0 Å². The number of benzene rings is 2. The molecule has 2 aromatic rings. The Hall–Kier alpha value is -1.63. The first-order valence-electron chi connectivity index (χ1n) is 6.69. The molecule has 0 saturated heterocycles. The van der Waals surface area contributed by atoms with Crippen molar-refractivity contribution in [3.8, 4) is 5.75 Å². The normalized spacial score (nSPS) is 11.4. The third-order valence-electron chi connectivity index (χ3n) is 3.19. The van der Waals surface area contributed by atoms with Gasteiger partial charge in [-0.3, -0.25) is 0 Å². The van der Waals surface area contributed by atoms with Gasteiger partial charge in [-0.25, -0.2) is 5.01 Å². The van der Waals surface area contributed by atoms with Crippen molar-refractivity contribution < 1.29 is 5.11 Å². The zero-order chi connectivity index (χ0) is 17.1. The van der Waals surface area contributed by atoms with Gasteiger partial charge >= 0.3 is 0 Å². The summed E-state index contributed by atoms with van der Waals surface area (Å²) in [7, 11) is 0. The number of aryl methyl sites for hydroxylation is 1. The Balaban J connectivity index is 2.47. The molecule has 0 radical (unpaired) electrons. The molecule has 4 nitrogen and oxygen atoms in total. The summed E-state index contributed by atoms with van der Waals surface area (Å²) < 4.78 is 0.984. The Labute approximate surface area is 153 Å². The second-order valence-corrected chi connectivity index (χ2v) is 6.64. The van der Waals surface area contributed by atoms with Crippen LogP contribution in [-0.2, 0) is 0 Å². The van der Waals surface area contributed by atoms with Crippen LogP contribution in [0.15, 0.2) is 46.0 Å². The average molecular weight is 413 g/mol. The highest BCUT2D eigenvalue weighted by Crippen LogP contribution is 2.25. The van der Waals surface area contributed by atoms with E-state index >= 15 is 0 Å². The molecule has 0 saturated carbocycles. The van der Waals surface area contributed by atoms with Gasteiger partial charge in [0.2, 0.25) is 0 Å². The number of nitrogens with zero attached hydrogens (tertiary/aromatic N) is 2.